The van der Waals surface area contributed by atoms with Crippen LogP contribution in [0.15, 0.2) is 78.9 Å². The van der Waals surface area contributed by atoms with Crippen molar-refractivity contribution in [2.45, 2.75) is 38.6 Å². The largest absolute Gasteiger partial charge is 0.480 e. The van der Waals surface area contributed by atoms with Crippen LogP contribution in [0.2, 0.25) is 0 Å². The van der Waals surface area contributed by atoms with Gasteiger partial charge in [-0.2, -0.15) is 11.8 Å². The lowest BCUT2D eigenvalue weighted by Crippen LogP contribution is -2.46. The highest BCUT2D eigenvalue weighted by atomic mass is 32.2. The normalized spacial score (nSPS) is 11.9. The quantitative estimate of drug-likeness (QED) is 0.256. The van der Waals surface area contributed by atoms with Crippen molar-refractivity contribution in [3.63, 3.8) is 0 Å². The van der Waals surface area contributed by atoms with Gasteiger partial charge < -0.3 is 10.0 Å². The Balaban J connectivity index is 1.53. The van der Waals surface area contributed by atoms with Gasteiger partial charge in [0.1, 0.15) is 6.04 Å². The first-order valence-electron chi connectivity index (χ1n) is 12.5. The van der Waals surface area contributed by atoms with E-state index in [4.69, 9.17) is 0 Å². The third-order valence-corrected chi connectivity index (χ3v) is 7.19. The van der Waals surface area contributed by atoms with E-state index in [1.807, 2.05) is 92.7 Å². The number of hydrogen-bond acceptors (Lipinski definition) is 6. The van der Waals surface area contributed by atoms with E-state index in [-0.39, 0.29) is 18.4 Å². The molecule has 0 saturated carbocycles. The van der Waals surface area contributed by atoms with Crippen molar-refractivity contribution in [2.75, 3.05) is 5.75 Å². The van der Waals surface area contributed by atoms with Crippen LogP contribution in [0.5, 0.6) is 0 Å². The molecule has 0 unspecified atom stereocenters. The van der Waals surface area contributed by atoms with Crippen LogP contribution in [0.3, 0.4) is 0 Å². The number of thioether (sulfide) groups is 1. The molecular formula is C29H31N5O3S. The molecule has 0 aliphatic carbocycles. The van der Waals surface area contributed by atoms with E-state index in [9.17, 15) is 14.7 Å². The predicted molar refractivity (Wildman–Crippen MR) is 149 cm³/mol. The smallest absolute Gasteiger partial charge is 0.327 e. The topological polar surface area (TPSA) is 112 Å². The first kappa shape index (κ1) is 27.1. The maximum atomic E-state index is 13.2. The number of carboxylic acid groups (broad SMARTS) is 1. The highest BCUT2D eigenvalue weighted by Gasteiger charge is 2.30. The molecule has 1 amide bonds. The van der Waals surface area contributed by atoms with Crippen LogP contribution >= 0.6 is 11.8 Å². The third-order valence-electron chi connectivity index (χ3n) is 6.10. The molecule has 0 radical (unpaired) electrons. The maximum Gasteiger partial charge on any atom is 0.327 e. The summed E-state index contributed by atoms with van der Waals surface area (Å²) in [7, 11) is 0. The third kappa shape index (κ3) is 7.07. The van der Waals surface area contributed by atoms with Crippen LogP contribution in [-0.4, -0.2) is 54.3 Å². The Morgan fingerprint density at radius 1 is 0.921 bits per heavy atom. The van der Waals surface area contributed by atoms with Gasteiger partial charge in [-0.05, 0) is 38.6 Å². The SMILES string of the molecule is CC(C)CC(=O)N(Cc1ccc(-c2ccccc2-c2nnn[nH]2)cc1)[C@@H](CSCc1ccccc1)C(=O)O. The van der Waals surface area contributed by atoms with E-state index in [0.717, 1.165) is 27.8 Å². The predicted octanol–water partition coefficient (Wildman–Crippen LogP) is 5.30. The van der Waals surface area contributed by atoms with Crippen LogP contribution in [0.25, 0.3) is 22.5 Å². The number of nitrogens with zero attached hydrogens (tertiary/aromatic N) is 4. The van der Waals surface area contributed by atoms with Crippen molar-refractivity contribution in [2.24, 2.45) is 5.92 Å². The fourth-order valence-electron chi connectivity index (χ4n) is 4.20. The number of rotatable bonds is 12. The summed E-state index contributed by atoms with van der Waals surface area (Å²) in [5.74, 6) is 0.554. The summed E-state index contributed by atoms with van der Waals surface area (Å²) in [5, 5.41) is 24.3. The molecule has 8 nitrogen and oxygen atoms in total. The molecule has 4 rings (SSSR count). The Hall–Kier alpha value is -3.98. The second-order valence-corrected chi connectivity index (χ2v) is 10.5. The van der Waals surface area contributed by atoms with Gasteiger partial charge in [0.2, 0.25) is 5.91 Å². The molecule has 2 N–H and O–H groups in total. The molecular weight excluding hydrogens is 498 g/mol. The van der Waals surface area contributed by atoms with Crippen molar-refractivity contribution in [3.05, 3.63) is 90.0 Å². The van der Waals surface area contributed by atoms with Gasteiger partial charge in [0, 0.05) is 30.0 Å². The molecule has 0 aliphatic heterocycles. The zero-order valence-electron chi connectivity index (χ0n) is 21.4. The van der Waals surface area contributed by atoms with Crippen LogP contribution in [0, 0.1) is 5.92 Å². The Kier molecular flexibility index (Phi) is 9.26. The number of aromatic nitrogens is 4. The number of aliphatic carboxylic acids is 1. The fraction of sp³-hybridized carbons (Fsp3) is 0.276. The van der Waals surface area contributed by atoms with Crippen molar-refractivity contribution >= 4 is 23.6 Å². The lowest BCUT2D eigenvalue weighted by Gasteiger charge is -2.30. The zero-order valence-corrected chi connectivity index (χ0v) is 22.3. The Morgan fingerprint density at radius 3 is 2.24 bits per heavy atom. The van der Waals surface area contributed by atoms with Gasteiger partial charge in [0.25, 0.3) is 0 Å². The molecule has 3 aromatic carbocycles. The average molecular weight is 530 g/mol. The van der Waals surface area contributed by atoms with Crippen molar-refractivity contribution in [1.82, 2.24) is 25.5 Å². The molecule has 1 aromatic heterocycles. The average Bonchev–Trinajstić information content (AvgIpc) is 3.46. The van der Waals surface area contributed by atoms with Crippen molar-refractivity contribution in [3.8, 4) is 22.5 Å². The second-order valence-electron chi connectivity index (χ2n) is 9.47. The van der Waals surface area contributed by atoms with E-state index in [0.29, 0.717) is 23.8 Å². The summed E-state index contributed by atoms with van der Waals surface area (Å²) >= 11 is 1.52. The Morgan fingerprint density at radius 2 is 1.61 bits per heavy atom. The van der Waals surface area contributed by atoms with Gasteiger partial charge in [-0.15, -0.1) is 5.10 Å². The highest BCUT2D eigenvalue weighted by molar-refractivity contribution is 7.98. The van der Waals surface area contributed by atoms with Gasteiger partial charge in [-0.25, -0.2) is 9.89 Å². The minimum absolute atomic E-state index is 0.126. The first-order valence-corrected chi connectivity index (χ1v) is 13.6. The van der Waals surface area contributed by atoms with Gasteiger partial charge in [0.15, 0.2) is 5.82 Å². The number of carbonyl (C=O) groups is 2. The number of hydrogen-bond donors (Lipinski definition) is 2. The number of aromatic amines is 1. The molecule has 1 atom stereocenters. The van der Waals surface area contributed by atoms with Crippen LogP contribution in [0.1, 0.15) is 31.4 Å². The number of nitrogens with one attached hydrogen (secondary N) is 1. The molecule has 0 aliphatic rings. The molecule has 4 aromatic rings. The lowest BCUT2D eigenvalue weighted by molar-refractivity contribution is -0.150. The monoisotopic (exact) mass is 529 g/mol. The number of tetrazole rings is 1. The standard InChI is InChI=1S/C29H31N5O3S/c1-20(2)16-27(35)34(26(29(36)37)19-38-18-22-8-4-3-5-9-22)17-21-12-14-23(15-13-21)24-10-6-7-11-25(24)28-30-32-33-31-28/h3-15,20,26H,16-19H2,1-2H3,(H,36,37)(H,30,31,32,33)/t26-/m0/s1. The Labute approximate surface area is 226 Å². The molecule has 1 heterocycles. The molecule has 0 bridgehead atoms. The van der Waals surface area contributed by atoms with Crippen molar-refractivity contribution < 1.29 is 14.7 Å². The summed E-state index contributed by atoms with van der Waals surface area (Å²) in [6, 6.07) is 24.7. The fourth-order valence-corrected chi connectivity index (χ4v) is 5.29. The molecule has 196 valence electrons. The summed E-state index contributed by atoms with van der Waals surface area (Å²) in [6.45, 7) is 4.15. The minimum Gasteiger partial charge on any atom is -0.480 e. The van der Waals surface area contributed by atoms with Gasteiger partial charge in [-0.3, -0.25) is 4.79 Å². The number of H-pyrrole nitrogens is 1. The Bertz CT molecular complexity index is 1330. The van der Waals surface area contributed by atoms with E-state index in [2.05, 4.69) is 20.6 Å². The summed E-state index contributed by atoms with van der Waals surface area (Å²) < 4.78 is 0. The molecule has 38 heavy (non-hydrogen) atoms. The highest BCUT2D eigenvalue weighted by Crippen LogP contribution is 2.30. The molecule has 0 saturated heterocycles. The molecule has 9 heteroatoms. The first-order chi connectivity index (χ1) is 18.4. The number of amides is 1. The second kappa shape index (κ2) is 13.0. The summed E-state index contributed by atoms with van der Waals surface area (Å²) in [4.78, 5) is 27.1. The van der Waals surface area contributed by atoms with Gasteiger partial charge in [-0.1, -0.05) is 92.7 Å². The van der Waals surface area contributed by atoms with Crippen LogP contribution in [-0.2, 0) is 21.9 Å². The summed E-state index contributed by atoms with van der Waals surface area (Å²) in [5.41, 5.74) is 4.79. The van der Waals surface area contributed by atoms with E-state index >= 15 is 0 Å². The minimum atomic E-state index is -0.992. The number of carboxylic acids is 1. The van der Waals surface area contributed by atoms with Crippen LogP contribution < -0.4 is 0 Å². The molecule has 0 spiro atoms. The summed E-state index contributed by atoms with van der Waals surface area (Å²) in [6.07, 6.45) is 0.295. The van der Waals surface area contributed by atoms with E-state index in [1.54, 1.807) is 0 Å². The van der Waals surface area contributed by atoms with Gasteiger partial charge >= 0.3 is 5.97 Å². The molecule has 0 fully saturated rings. The number of benzene rings is 3. The lowest BCUT2D eigenvalue weighted by atomic mass is 9.98. The maximum absolute atomic E-state index is 13.2. The van der Waals surface area contributed by atoms with Crippen molar-refractivity contribution in [1.29, 1.82) is 0 Å². The van der Waals surface area contributed by atoms with E-state index in [1.165, 1.54) is 16.7 Å². The van der Waals surface area contributed by atoms with E-state index < -0.39 is 12.0 Å². The van der Waals surface area contributed by atoms with Gasteiger partial charge in [0.05, 0.1) is 0 Å². The number of carbonyl (C=O) groups excluding carboxylic acids is 1. The zero-order chi connectivity index (χ0) is 26.9. The van der Waals surface area contributed by atoms with Crippen LogP contribution in [0.4, 0.5) is 0 Å².